The molecule has 1 aliphatic heterocycles. The topological polar surface area (TPSA) is 68.4 Å². The van der Waals surface area contributed by atoms with Gasteiger partial charge < -0.3 is 9.80 Å². The van der Waals surface area contributed by atoms with Crippen LogP contribution in [0.15, 0.2) is 35.5 Å². The van der Waals surface area contributed by atoms with E-state index in [1.165, 1.54) is 22.2 Å². The molecule has 7 nitrogen and oxygen atoms in total. The molecule has 0 saturated carbocycles. The van der Waals surface area contributed by atoms with Crippen molar-refractivity contribution < 1.29 is 9.69 Å². The van der Waals surface area contributed by atoms with Crippen molar-refractivity contribution in [2.45, 2.75) is 11.7 Å². The predicted octanol–water partition coefficient (Wildman–Crippen LogP) is -0.770. The number of nitrogens with one attached hydrogen (secondary N) is 1. The first kappa shape index (κ1) is 15.9. The molecule has 1 aromatic carbocycles. The number of hydrogen-bond donors (Lipinski definition) is 1. The number of hydrogen-bond acceptors (Lipinski definition) is 5. The van der Waals surface area contributed by atoms with Crippen molar-refractivity contribution in [3.63, 3.8) is 0 Å². The van der Waals surface area contributed by atoms with E-state index in [0.29, 0.717) is 10.9 Å². The number of piperazine rings is 1. The third-order valence-corrected chi connectivity index (χ3v) is 5.02. The maximum Gasteiger partial charge on any atom is 0.233 e. The van der Waals surface area contributed by atoms with E-state index in [4.69, 9.17) is 0 Å². The quantitative estimate of drug-likeness (QED) is 0.728. The summed E-state index contributed by atoms with van der Waals surface area (Å²) in [4.78, 5) is 15.8. The molecular weight excluding hydrogens is 312 g/mol. The van der Waals surface area contributed by atoms with Crippen molar-refractivity contribution >= 4 is 17.7 Å². The average Bonchev–Trinajstić information content (AvgIpc) is 2.99. The van der Waals surface area contributed by atoms with Crippen molar-refractivity contribution in [3.05, 3.63) is 35.9 Å². The monoisotopic (exact) mass is 333 g/mol. The second-order valence-corrected chi connectivity index (χ2v) is 6.61. The Hall–Kier alpha value is -1.93. The van der Waals surface area contributed by atoms with Crippen LogP contribution < -0.4 is 4.90 Å². The first-order valence-corrected chi connectivity index (χ1v) is 8.71. The van der Waals surface area contributed by atoms with Gasteiger partial charge in [-0.25, -0.2) is 4.68 Å². The fraction of sp³-hybridized carbons (Fsp3) is 0.467. The van der Waals surface area contributed by atoms with Crippen LogP contribution in [0.5, 0.6) is 0 Å². The number of aromatic nitrogens is 4. The van der Waals surface area contributed by atoms with Crippen LogP contribution >= 0.6 is 11.8 Å². The molecule has 122 valence electrons. The fourth-order valence-corrected chi connectivity index (χ4v) is 3.45. The summed E-state index contributed by atoms with van der Waals surface area (Å²) in [6.45, 7) is 4.66. The number of carbonyl (C=O) groups is 1. The first-order valence-electron chi connectivity index (χ1n) is 7.73. The number of rotatable bonds is 5. The lowest BCUT2D eigenvalue weighted by molar-refractivity contribution is -0.917. The smallest absolute Gasteiger partial charge is 0.233 e. The van der Waals surface area contributed by atoms with Gasteiger partial charge in [-0.15, -0.1) is 5.10 Å². The van der Waals surface area contributed by atoms with Crippen LogP contribution in [0.25, 0.3) is 0 Å². The van der Waals surface area contributed by atoms with Crippen LogP contribution in [0.4, 0.5) is 0 Å². The van der Waals surface area contributed by atoms with Crippen molar-refractivity contribution in [1.29, 1.82) is 0 Å². The summed E-state index contributed by atoms with van der Waals surface area (Å²) in [5.74, 6) is 0.555. The highest BCUT2D eigenvalue weighted by Crippen LogP contribution is 2.13. The van der Waals surface area contributed by atoms with E-state index < -0.39 is 0 Å². The van der Waals surface area contributed by atoms with Crippen LogP contribution in [0, 0.1) is 0 Å². The molecule has 0 radical (unpaired) electrons. The van der Waals surface area contributed by atoms with Gasteiger partial charge >= 0.3 is 0 Å². The minimum absolute atomic E-state index is 0.164. The number of tetrazole rings is 1. The zero-order valence-corrected chi connectivity index (χ0v) is 14.0. The molecule has 0 bridgehead atoms. The number of aryl methyl sites for hydroxylation is 1. The van der Waals surface area contributed by atoms with E-state index >= 15 is 0 Å². The van der Waals surface area contributed by atoms with Gasteiger partial charge in [-0.3, -0.25) is 4.79 Å². The van der Waals surface area contributed by atoms with Gasteiger partial charge in [0, 0.05) is 12.6 Å². The third kappa shape index (κ3) is 4.29. The molecule has 1 aromatic heterocycles. The first-order chi connectivity index (χ1) is 11.2. The van der Waals surface area contributed by atoms with Gasteiger partial charge in [-0.1, -0.05) is 42.1 Å². The zero-order chi connectivity index (χ0) is 16.1. The molecule has 8 heteroatoms. The van der Waals surface area contributed by atoms with Crippen LogP contribution in [0.1, 0.15) is 5.56 Å². The highest BCUT2D eigenvalue weighted by atomic mass is 32.2. The van der Waals surface area contributed by atoms with Crippen LogP contribution in [0.2, 0.25) is 0 Å². The van der Waals surface area contributed by atoms with Gasteiger partial charge in [0.1, 0.15) is 6.54 Å². The predicted molar refractivity (Wildman–Crippen MR) is 86.9 cm³/mol. The molecule has 3 rings (SSSR count). The van der Waals surface area contributed by atoms with E-state index in [-0.39, 0.29) is 5.91 Å². The Kier molecular flexibility index (Phi) is 5.24. The summed E-state index contributed by atoms with van der Waals surface area (Å²) in [6.07, 6.45) is 0. The summed E-state index contributed by atoms with van der Waals surface area (Å²) >= 11 is 1.39. The van der Waals surface area contributed by atoms with Crippen molar-refractivity contribution in [2.75, 3.05) is 31.9 Å². The fourth-order valence-electron chi connectivity index (χ4n) is 2.69. The van der Waals surface area contributed by atoms with Crippen LogP contribution in [-0.4, -0.2) is 62.9 Å². The number of benzene rings is 1. The largest absolute Gasteiger partial charge is 0.331 e. The highest BCUT2D eigenvalue weighted by Gasteiger charge is 2.24. The van der Waals surface area contributed by atoms with E-state index in [1.54, 1.807) is 11.7 Å². The van der Waals surface area contributed by atoms with E-state index in [9.17, 15) is 4.79 Å². The highest BCUT2D eigenvalue weighted by molar-refractivity contribution is 7.99. The normalized spacial score (nSPS) is 15.8. The molecule has 0 unspecified atom stereocenters. The number of thioether (sulfide) groups is 1. The lowest BCUT2D eigenvalue weighted by Gasteiger charge is -2.32. The van der Waals surface area contributed by atoms with Gasteiger partial charge in [0.2, 0.25) is 11.1 Å². The van der Waals surface area contributed by atoms with Gasteiger partial charge in [0.05, 0.1) is 31.9 Å². The lowest BCUT2D eigenvalue weighted by Crippen LogP contribution is -3.13. The molecule has 1 saturated heterocycles. The molecule has 2 aromatic rings. The molecule has 1 fully saturated rings. The molecule has 1 N–H and O–H groups in total. The SMILES string of the molecule is Cn1nnnc1SCC(=O)N1CC[NH+](Cc2ccccc2)CC1. The Balaban J connectivity index is 1.43. The van der Waals surface area contributed by atoms with Crippen molar-refractivity contribution in [1.82, 2.24) is 25.1 Å². The molecule has 0 spiro atoms. The Morgan fingerprint density at radius 1 is 1.26 bits per heavy atom. The molecule has 0 aliphatic carbocycles. The third-order valence-electron chi connectivity index (χ3n) is 4.03. The molecule has 23 heavy (non-hydrogen) atoms. The summed E-state index contributed by atoms with van der Waals surface area (Å²) in [5.41, 5.74) is 1.35. The van der Waals surface area contributed by atoms with Gasteiger partial charge in [-0.05, 0) is 10.4 Å². The summed E-state index contributed by atoms with van der Waals surface area (Å²) in [7, 11) is 1.78. The Labute approximate surface area is 139 Å². The number of quaternary nitrogens is 1. The van der Waals surface area contributed by atoms with Crippen LogP contribution in [0.3, 0.4) is 0 Å². The second-order valence-electron chi connectivity index (χ2n) is 5.67. The van der Waals surface area contributed by atoms with Crippen molar-refractivity contribution in [3.8, 4) is 0 Å². The second kappa shape index (κ2) is 7.56. The standard InChI is InChI=1S/C15H20N6OS/c1-19-15(16-17-18-19)23-12-14(22)21-9-7-20(8-10-21)11-13-5-3-2-4-6-13/h2-6H,7-12H2,1H3/p+1. The van der Waals surface area contributed by atoms with Gasteiger partial charge in [-0.2, -0.15) is 0 Å². The minimum Gasteiger partial charge on any atom is -0.331 e. The molecule has 0 atom stereocenters. The maximum absolute atomic E-state index is 12.3. The Bertz CT molecular complexity index is 638. The summed E-state index contributed by atoms with van der Waals surface area (Å²) < 4.78 is 1.58. The molecule has 1 aliphatic rings. The zero-order valence-electron chi connectivity index (χ0n) is 13.2. The molecule has 2 heterocycles. The minimum atomic E-state index is 0.164. The summed E-state index contributed by atoms with van der Waals surface area (Å²) in [5, 5.41) is 11.9. The number of nitrogens with zero attached hydrogens (tertiary/aromatic N) is 5. The maximum atomic E-state index is 12.3. The number of carbonyl (C=O) groups excluding carboxylic acids is 1. The van der Waals surface area contributed by atoms with E-state index in [2.05, 4.69) is 39.8 Å². The Morgan fingerprint density at radius 3 is 2.65 bits per heavy atom. The van der Waals surface area contributed by atoms with Gasteiger partial charge in [0.25, 0.3) is 0 Å². The molecular formula is C15H21N6OS+. The van der Waals surface area contributed by atoms with Gasteiger partial charge in [0.15, 0.2) is 0 Å². The van der Waals surface area contributed by atoms with Crippen LogP contribution in [-0.2, 0) is 18.4 Å². The summed E-state index contributed by atoms with van der Waals surface area (Å²) in [6, 6.07) is 10.5. The van der Waals surface area contributed by atoms with E-state index in [0.717, 1.165) is 32.7 Å². The Morgan fingerprint density at radius 2 is 2.00 bits per heavy atom. The van der Waals surface area contributed by atoms with Crippen molar-refractivity contribution in [2.24, 2.45) is 7.05 Å². The van der Waals surface area contributed by atoms with E-state index in [1.807, 2.05) is 11.0 Å². The lowest BCUT2D eigenvalue weighted by atomic mass is 10.2. The molecule has 1 amide bonds. The number of amides is 1. The average molecular weight is 333 g/mol.